The van der Waals surface area contributed by atoms with Crippen molar-refractivity contribution in [2.45, 2.75) is 26.1 Å². The standard InChI is InChI=1S/C19H18ClF3N2O2/c1-13(26)25(12-14-5-7-16(20)8-6-14)10-9-18(27)24-17-4-2-3-15(11-17)19(21,22)23/h2-8,11H,9-10,12H2,1H3,(H,24,27). The van der Waals surface area contributed by atoms with Gasteiger partial charge in [-0.1, -0.05) is 29.8 Å². The van der Waals surface area contributed by atoms with Crippen LogP contribution in [0.3, 0.4) is 0 Å². The van der Waals surface area contributed by atoms with E-state index in [0.717, 1.165) is 17.7 Å². The second-order valence-electron chi connectivity index (χ2n) is 5.94. The fraction of sp³-hybridized carbons (Fsp3) is 0.263. The van der Waals surface area contributed by atoms with E-state index >= 15 is 0 Å². The lowest BCUT2D eigenvalue weighted by molar-refractivity contribution is -0.137. The average Bonchev–Trinajstić information content (AvgIpc) is 2.59. The highest BCUT2D eigenvalue weighted by molar-refractivity contribution is 6.30. The average molecular weight is 399 g/mol. The normalized spacial score (nSPS) is 11.1. The number of rotatable bonds is 6. The maximum Gasteiger partial charge on any atom is 0.416 e. The third-order valence-electron chi connectivity index (χ3n) is 3.81. The van der Waals surface area contributed by atoms with Gasteiger partial charge in [0.25, 0.3) is 0 Å². The summed E-state index contributed by atoms with van der Waals surface area (Å²) < 4.78 is 38.1. The number of benzene rings is 2. The molecule has 4 nitrogen and oxygen atoms in total. The predicted octanol–water partition coefficient (Wildman–Crippen LogP) is 4.74. The highest BCUT2D eigenvalue weighted by atomic mass is 35.5. The second-order valence-corrected chi connectivity index (χ2v) is 6.38. The molecule has 2 aromatic rings. The lowest BCUT2D eigenvalue weighted by Gasteiger charge is -2.21. The zero-order chi connectivity index (χ0) is 20.0. The van der Waals surface area contributed by atoms with E-state index in [0.29, 0.717) is 11.6 Å². The summed E-state index contributed by atoms with van der Waals surface area (Å²) in [6, 6.07) is 11.4. The van der Waals surface area contributed by atoms with Crippen LogP contribution in [-0.4, -0.2) is 23.3 Å². The van der Waals surface area contributed by atoms with Crippen LogP contribution in [0.4, 0.5) is 18.9 Å². The van der Waals surface area contributed by atoms with Crippen LogP contribution >= 0.6 is 11.6 Å². The van der Waals surface area contributed by atoms with Gasteiger partial charge < -0.3 is 10.2 Å². The van der Waals surface area contributed by atoms with Crippen molar-refractivity contribution < 1.29 is 22.8 Å². The summed E-state index contributed by atoms with van der Waals surface area (Å²) in [4.78, 5) is 25.3. The van der Waals surface area contributed by atoms with E-state index in [-0.39, 0.29) is 24.6 Å². The van der Waals surface area contributed by atoms with E-state index in [4.69, 9.17) is 11.6 Å². The van der Waals surface area contributed by atoms with Gasteiger partial charge in [0.05, 0.1) is 5.56 Å². The molecule has 0 spiro atoms. The number of alkyl halides is 3. The topological polar surface area (TPSA) is 49.4 Å². The molecule has 0 aliphatic heterocycles. The molecule has 0 radical (unpaired) electrons. The van der Waals surface area contributed by atoms with Gasteiger partial charge in [0.1, 0.15) is 0 Å². The van der Waals surface area contributed by atoms with E-state index in [1.54, 1.807) is 24.3 Å². The maximum atomic E-state index is 12.7. The summed E-state index contributed by atoms with van der Waals surface area (Å²) in [5.41, 5.74) is 0.0724. The summed E-state index contributed by atoms with van der Waals surface area (Å²) in [5, 5.41) is 3.00. The first-order chi connectivity index (χ1) is 12.6. The smallest absolute Gasteiger partial charge is 0.338 e. The van der Waals surface area contributed by atoms with Crippen LogP contribution in [0.1, 0.15) is 24.5 Å². The summed E-state index contributed by atoms with van der Waals surface area (Å²) in [5.74, 6) is -0.687. The summed E-state index contributed by atoms with van der Waals surface area (Å²) in [6.45, 7) is 1.84. The van der Waals surface area contributed by atoms with Crippen LogP contribution in [0, 0.1) is 0 Å². The maximum absolute atomic E-state index is 12.7. The Kier molecular flexibility index (Phi) is 6.85. The molecule has 2 rings (SSSR count). The largest absolute Gasteiger partial charge is 0.416 e. The third kappa shape index (κ3) is 6.60. The number of hydrogen-bond donors (Lipinski definition) is 1. The minimum Gasteiger partial charge on any atom is -0.338 e. The number of amides is 2. The Hall–Kier alpha value is -2.54. The molecule has 1 N–H and O–H groups in total. The molecule has 2 aromatic carbocycles. The van der Waals surface area contributed by atoms with Crippen molar-refractivity contribution in [3.8, 4) is 0 Å². The number of anilines is 1. The third-order valence-corrected chi connectivity index (χ3v) is 4.07. The Morgan fingerprint density at radius 1 is 1.11 bits per heavy atom. The van der Waals surface area contributed by atoms with Gasteiger partial charge in [-0.05, 0) is 35.9 Å². The molecule has 0 fully saturated rings. The van der Waals surface area contributed by atoms with Crippen LogP contribution in [0.5, 0.6) is 0 Å². The van der Waals surface area contributed by atoms with Crippen molar-refractivity contribution >= 4 is 29.1 Å². The van der Waals surface area contributed by atoms with Crippen LogP contribution in [-0.2, 0) is 22.3 Å². The fourth-order valence-electron chi connectivity index (χ4n) is 2.39. The number of hydrogen-bond acceptors (Lipinski definition) is 2. The van der Waals surface area contributed by atoms with Gasteiger partial charge in [-0.3, -0.25) is 9.59 Å². The molecule has 0 aromatic heterocycles. The van der Waals surface area contributed by atoms with E-state index < -0.39 is 17.6 Å². The molecule has 8 heteroatoms. The summed E-state index contributed by atoms with van der Waals surface area (Å²) in [6.07, 6.45) is -4.52. The summed E-state index contributed by atoms with van der Waals surface area (Å²) in [7, 11) is 0. The molecule has 0 bridgehead atoms. The Balaban J connectivity index is 1.94. The molecule has 0 unspecified atom stereocenters. The molecular weight excluding hydrogens is 381 g/mol. The van der Waals surface area contributed by atoms with Gasteiger partial charge in [-0.2, -0.15) is 13.2 Å². The summed E-state index contributed by atoms with van der Waals surface area (Å²) >= 11 is 5.83. The quantitative estimate of drug-likeness (QED) is 0.764. The monoisotopic (exact) mass is 398 g/mol. The number of nitrogens with zero attached hydrogens (tertiary/aromatic N) is 1. The van der Waals surface area contributed by atoms with Crippen LogP contribution < -0.4 is 5.32 Å². The first kappa shape index (κ1) is 20.8. The molecular formula is C19H18ClF3N2O2. The second kappa shape index (κ2) is 8.90. The molecule has 2 amide bonds. The van der Waals surface area contributed by atoms with Crippen molar-refractivity contribution in [3.05, 3.63) is 64.7 Å². The van der Waals surface area contributed by atoms with Crippen molar-refractivity contribution in [2.24, 2.45) is 0 Å². The minimum atomic E-state index is -4.48. The predicted molar refractivity (Wildman–Crippen MR) is 97.2 cm³/mol. The zero-order valence-corrected chi connectivity index (χ0v) is 15.3. The lowest BCUT2D eigenvalue weighted by Crippen LogP contribution is -2.31. The van der Waals surface area contributed by atoms with E-state index in [2.05, 4.69) is 5.32 Å². The van der Waals surface area contributed by atoms with Gasteiger partial charge in [-0.15, -0.1) is 0 Å². The van der Waals surface area contributed by atoms with Crippen LogP contribution in [0.2, 0.25) is 5.02 Å². The van der Waals surface area contributed by atoms with Gasteiger partial charge in [-0.25, -0.2) is 0 Å². The lowest BCUT2D eigenvalue weighted by atomic mass is 10.2. The van der Waals surface area contributed by atoms with E-state index in [9.17, 15) is 22.8 Å². The molecule has 0 atom stereocenters. The molecule has 0 saturated heterocycles. The highest BCUT2D eigenvalue weighted by Crippen LogP contribution is 2.30. The van der Waals surface area contributed by atoms with Crippen molar-refractivity contribution in [3.63, 3.8) is 0 Å². The number of carbonyl (C=O) groups excluding carboxylic acids is 2. The van der Waals surface area contributed by atoms with Gasteiger partial charge in [0.2, 0.25) is 11.8 Å². The Morgan fingerprint density at radius 2 is 1.78 bits per heavy atom. The van der Waals surface area contributed by atoms with Crippen LogP contribution in [0.25, 0.3) is 0 Å². The SMILES string of the molecule is CC(=O)N(CCC(=O)Nc1cccc(C(F)(F)F)c1)Cc1ccc(Cl)cc1. The van der Waals surface area contributed by atoms with Gasteiger partial charge in [0, 0.05) is 37.1 Å². The first-order valence-electron chi connectivity index (χ1n) is 8.12. The molecule has 0 saturated carbocycles. The number of carbonyl (C=O) groups is 2. The van der Waals surface area contributed by atoms with Crippen LogP contribution in [0.15, 0.2) is 48.5 Å². The van der Waals surface area contributed by atoms with E-state index in [1.807, 2.05) is 0 Å². The van der Waals surface area contributed by atoms with Crippen molar-refractivity contribution in [1.82, 2.24) is 4.90 Å². The minimum absolute atomic E-state index is 0.0383. The van der Waals surface area contributed by atoms with Gasteiger partial charge >= 0.3 is 6.18 Å². The number of nitrogens with one attached hydrogen (secondary N) is 1. The number of halogens is 4. The Bertz CT molecular complexity index is 807. The Morgan fingerprint density at radius 3 is 2.37 bits per heavy atom. The molecule has 0 aliphatic carbocycles. The van der Waals surface area contributed by atoms with Crippen molar-refractivity contribution in [2.75, 3.05) is 11.9 Å². The molecule has 0 heterocycles. The van der Waals surface area contributed by atoms with E-state index in [1.165, 1.54) is 24.0 Å². The fourth-order valence-corrected chi connectivity index (χ4v) is 2.52. The Labute approximate surface area is 159 Å². The van der Waals surface area contributed by atoms with Crippen molar-refractivity contribution in [1.29, 1.82) is 0 Å². The molecule has 27 heavy (non-hydrogen) atoms. The zero-order valence-electron chi connectivity index (χ0n) is 14.5. The molecule has 0 aliphatic rings. The van der Waals surface area contributed by atoms with Gasteiger partial charge in [0.15, 0.2) is 0 Å². The highest BCUT2D eigenvalue weighted by Gasteiger charge is 2.30. The molecule has 144 valence electrons. The first-order valence-corrected chi connectivity index (χ1v) is 8.50.